The first-order valence-corrected chi connectivity index (χ1v) is 8.33. The number of hydrogen-bond acceptors (Lipinski definition) is 3. The van der Waals surface area contributed by atoms with Crippen molar-refractivity contribution >= 4 is 15.9 Å². The number of methoxy groups -OCH3 is 1. The second-order valence-electron chi connectivity index (χ2n) is 5.33. The quantitative estimate of drug-likeness (QED) is 0.856. The lowest BCUT2D eigenvalue weighted by atomic mass is 9.98. The molecular weight excluding hydrogens is 316 g/mol. The van der Waals surface area contributed by atoms with Crippen molar-refractivity contribution in [3.63, 3.8) is 0 Å². The molecule has 2 rings (SSSR count). The second kappa shape index (κ2) is 8.01. The van der Waals surface area contributed by atoms with Crippen molar-refractivity contribution in [2.75, 3.05) is 33.3 Å². The van der Waals surface area contributed by atoms with Crippen molar-refractivity contribution in [3.8, 4) is 5.75 Å². The van der Waals surface area contributed by atoms with Crippen LogP contribution >= 0.6 is 15.9 Å². The number of rotatable bonds is 6. The number of hydrogen-bond donors (Lipinski definition) is 1. The zero-order valence-electron chi connectivity index (χ0n) is 12.5. The molecule has 1 atom stereocenters. The Hall–Kier alpha value is -0.580. The van der Waals surface area contributed by atoms with Crippen LogP contribution in [0.1, 0.15) is 37.8 Å². The Kier molecular flexibility index (Phi) is 6.33. The Morgan fingerprint density at radius 1 is 1.35 bits per heavy atom. The third-order valence-electron chi connectivity index (χ3n) is 3.97. The van der Waals surface area contributed by atoms with Gasteiger partial charge in [0.2, 0.25) is 0 Å². The van der Waals surface area contributed by atoms with Crippen LogP contribution in [0.5, 0.6) is 5.75 Å². The molecule has 0 amide bonds. The van der Waals surface area contributed by atoms with E-state index in [0.717, 1.165) is 36.4 Å². The minimum Gasteiger partial charge on any atom is -0.496 e. The smallest absolute Gasteiger partial charge is 0.123 e. The molecule has 1 N–H and O–H groups in total. The summed E-state index contributed by atoms with van der Waals surface area (Å²) in [7, 11) is 1.77. The van der Waals surface area contributed by atoms with Gasteiger partial charge in [0.25, 0.3) is 0 Å². The summed E-state index contributed by atoms with van der Waals surface area (Å²) in [6.45, 7) is 6.65. The molecule has 0 aromatic heterocycles. The molecule has 3 nitrogen and oxygen atoms in total. The lowest BCUT2D eigenvalue weighted by molar-refractivity contribution is 0.160. The number of piperazine rings is 1. The molecule has 1 aromatic carbocycles. The molecule has 0 saturated carbocycles. The Bertz CT molecular complexity index is 419. The Labute approximate surface area is 130 Å². The summed E-state index contributed by atoms with van der Waals surface area (Å²) >= 11 is 3.60. The highest BCUT2D eigenvalue weighted by Gasteiger charge is 2.24. The fourth-order valence-corrected chi connectivity index (χ4v) is 3.27. The molecule has 4 heteroatoms. The number of unbranched alkanes of at least 4 members (excludes halogenated alkanes) is 1. The van der Waals surface area contributed by atoms with Gasteiger partial charge in [0.1, 0.15) is 5.75 Å². The summed E-state index contributed by atoms with van der Waals surface area (Å²) in [5.74, 6) is 1.01. The van der Waals surface area contributed by atoms with Gasteiger partial charge in [0, 0.05) is 42.3 Å². The first-order valence-electron chi connectivity index (χ1n) is 7.54. The SMILES string of the molecule is CCCC[C@@H](c1cc(Br)ccc1OC)N1CCNCC1. The minimum atomic E-state index is 0.462. The fourth-order valence-electron chi connectivity index (χ4n) is 2.89. The van der Waals surface area contributed by atoms with E-state index in [4.69, 9.17) is 4.74 Å². The molecule has 0 bridgehead atoms. The fraction of sp³-hybridized carbons (Fsp3) is 0.625. The maximum Gasteiger partial charge on any atom is 0.123 e. The van der Waals surface area contributed by atoms with Gasteiger partial charge in [-0.15, -0.1) is 0 Å². The van der Waals surface area contributed by atoms with E-state index in [0.29, 0.717) is 6.04 Å². The van der Waals surface area contributed by atoms with Crippen LogP contribution in [0.3, 0.4) is 0 Å². The molecule has 0 unspecified atom stereocenters. The highest BCUT2D eigenvalue weighted by molar-refractivity contribution is 9.10. The van der Waals surface area contributed by atoms with E-state index in [9.17, 15) is 0 Å². The minimum absolute atomic E-state index is 0.462. The topological polar surface area (TPSA) is 24.5 Å². The van der Waals surface area contributed by atoms with Crippen LogP contribution < -0.4 is 10.1 Å². The van der Waals surface area contributed by atoms with Gasteiger partial charge in [-0.25, -0.2) is 0 Å². The molecule has 0 radical (unpaired) electrons. The van der Waals surface area contributed by atoms with Crippen molar-refractivity contribution in [1.29, 1.82) is 0 Å². The molecule has 1 saturated heterocycles. The maximum atomic E-state index is 5.59. The van der Waals surface area contributed by atoms with Crippen LogP contribution in [-0.2, 0) is 0 Å². The van der Waals surface area contributed by atoms with Gasteiger partial charge < -0.3 is 10.1 Å². The summed E-state index contributed by atoms with van der Waals surface area (Å²) < 4.78 is 6.72. The molecule has 0 aliphatic carbocycles. The van der Waals surface area contributed by atoms with Crippen molar-refractivity contribution in [2.45, 2.75) is 32.2 Å². The van der Waals surface area contributed by atoms with Gasteiger partial charge in [-0.05, 0) is 24.6 Å². The summed E-state index contributed by atoms with van der Waals surface area (Å²) in [5.41, 5.74) is 1.32. The summed E-state index contributed by atoms with van der Waals surface area (Å²) in [5, 5.41) is 3.43. The lowest BCUT2D eigenvalue weighted by Crippen LogP contribution is -2.45. The molecule has 112 valence electrons. The molecule has 20 heavy (non-hydrogen) atoms. The maximum absolute atomic E-state index is 5.59. The first kappa shape index (κ1) is 15.8. The van der Waals surface area contributed by atoms with Gasteiger partial charge in [-0.2, -0.15) is 0 Å². The lowest BCUT2D eigenvalue weighted by Gasteiger charge is -2.36. The predicted octanol–water partition coefficient (Wildman–Crippen LogP) is 3.59. The van der Waals surface area contributed by atoms with Gasteiger partial charge >= 0.3 is 0 Å². The van der Waals surface area contributed by atoms with Gasteiger partial charge in [-0.1, -0.05) is 35.7 Å². The van der Waals surface area contributed by atoms with Gasteiger partial charge in [-0.3, -0.25) is 4.90 Å². The highest BCUT2D eigenvalue weighted by Crippen LogP contribution is 2.35. The normalized spacial score (nSPS) is 17.9. The molecule has 1 aromatic rings. The molecule has 1 aliphatic rings. The van der Waals surface area contributed by atoms with Gasteiger partial charge in [0.15, 0.2) is 0 Å². The predicted molar refractivity (Wildman–Crippen MR) is 87.4 cm³/mol. The second-order valence-corrected chi connectivity index (χ2v) is 6.25. The van der Waals surface area contributed by atoms with E-state index in [-0.39, 0.29) is 0 Å². The first-order chi connectivity index (χ1) is 9.76. The average molecular weight is 341 g/mol. The molecular formula is C16H25BrN2O. The number of nitrogens with zero attached hydrogens (tertiary/aromatic N) is 1. The standard InChI is InChI=1S/C16H25BrN2O/c1-3-4-5-15(19-10-8-18-9-11-19)14-12-13(17)6-7-16(14)20-2/h6-7,12,15,18H,3-5,8-11H2,1-2H3/t15-/m0/s1. The molecule has 1 heterocycles. The van der Waals surface area contributed by atoms with Crippen LogP contribution in [0, 0.1) is 0 Å². The van der Waals surface area contributed by atoms with E-state index >= 15 is 0 Å². The zero-order chi connectivity index (χ0) is 14.4. The number of halogens is 1. The molecule has 1 aliphatic heterocycles. The van der Waals surface area contributed by atoms with E-state index in [1.807, 2.05) is 0 Å². The van der Waals surface area contributed by atoms with E-state index in [2.05, 4.69) is 51.3 Å². The van der Waals surface area contributed by atoms with E-state index in [1.54, 1.807) is 7.11 Å². The summed E-state index contributed by atoms with van der Waals surface area (Å²) in [6.07, 6.45) is 3.69. The van der Waals surface area contributed by atoms with Crippen molar-refractivity contribution in [1.82, 2.24) is 10.2 Å². The molecule has 1 fully saturated rings. The summed E-state index contributed by atoms with van der Waals surface area (Å²) in [4.78, 5) is 2.59. The van der Waals surface area contributed by atoms with Crippen LogP contribution in [0.25, 0.3) is 0 Å². The highest BCUT2D eigenvalue weighted by atomic mass is 79.9. The van der Waals surface area contributed by atoms with Crippen molar-refractivity contribution in [2.24, 2.45) is 0 Å². The van der Waals surface area contributed by atoms with Crippen LogP contribution in [0.2, 0.25) is 0 Å². The third-order valence-corrected chi connectivity index (χ3v) is 4.47. The Balaban J connectivity index is 2.26. The summed E-state index contributed by atoms with van der Waals surface area (Å²) in [6, 6.07) is 6.81. The third kappa shape index (κ3) is 3.96. The largest absolute Gasteiger partial charge is 0.496 e. The van der Waals surface area contributed by atoms with Crippen LogP contribution in [0.15, 0.2) is 22.7 Å². The number of nitrogens with one attached hydrogen (secondary N) is 1. The van der Waals surface area contributed by atoms with Crippen molar-refractivity contribution < 1.29 is 4.74 Å². The monoisotopic (exact) mass is 340 g/mol. The molecule has 0 spiro atoms. The number of benzene rings is 1. The van der Waals surface area contributed by atoms with Gasteiger partial charge in [0.05, 0.1) is 7.11 Å². The van der Waals surface area contributed by atoms with Crippen LogP contribution in [0.4, 0.5) is 0 Å². The van der Waals surface area contributed by atoms with Crippen LogP contribution in [-0.4, -0.2) is 38.2 Å². The zero-order valence-corrected chi connectivity index (χ0v) is 14.1. The number of ether oxygens (including phenoxy) is 1. The van der Waals surface area contributed by atoms with Crippen molar-refractivity contribution in [3.05, 3.63) is 28.2 Å². The Morgan fingerprint density at radius 3 is 2.75 bits per heavy atom. The van der Waals surface area contributed by atoms with E-state index in [1.165, 1.54) is 24.8 Å². The van der Waals surface area contributed by atoms with E-state index < -0.39 is 0 Å². The average Bonchev–Trinajstić information content (AvgIpc) is 2.49. The Morgan fingerprint density at radius 2 is 2.10 bits per heavy atom.